The molecule has 84 valence electrons. The maximum atomic E-state index is 10.8. The third-order valence-corrected chi connectivity index (χ3v) is 4.30. The lowest BCUT2D eigenvalue weighted by Crippen LogP contribution is -2.26. The largest absolute Gasteiger partial charge is 0.268 e. The predicted molar refractivity (Wildman–Crippen MR) is 66.6 cm³/mol. The molecule has 16 heavy (non-hydrogen) atoms. The number of benzene rings is 1. The van der Waals surface area contributed by atoms with E-state index in [-0.39, 0.29) is 4.92 Å². The molecule has 0 aliphatic heterocycles. The van der Waals surface area contributed by atoms with E-state index in [1.165, 1.54) is 23.1 Å². The quantitative estimate of drug-likeness (QED) is 0.364. The van der Waals surface area contributed by atoms with E-state index in [1.807, 2.05) is 24.3 Å². The topological polar surface area (TPSA) is 56.0 Å². The first-order valence-electron chi connectivity index (χ1n) is 4.68. The molecule has 0 amide bonds. The standard InChI is InChI=1S/C10H10N2O2S2/c1-10(2,12(13)14)16-9-11-7-5-3-4-6-8(7)15-9/h3-6H,1-2H3. The highest BCUT2D eigenvalue weighted by Crippen LogP contribution is 2.37. The molecule has 1 aromatic carbocycles. The van der Waals surface area contributed by atoms with Crippen LogP contribution in [0.3, 0.4) is 0 Å². The van der Waals surface area contributed by atoms with Crippen molar-refractivity contribution in [3.05, 3.63) is 34.4 Å². The Morgan fingerprint density at radius 1 is 1.44 bits per heavy atom. The number of fused-ring (bicyclic) bond motifs is 1. The lowest BCUT2D eigenvalue weighted by molar-refractivity contribution is -0.528. The normalized spacial score (nSPS) is 11.9. The van der Waals surface area contributed by atoms with Gasteiger partial charge in [-0.15, -0.1) is 11.3 Å². The zero-order valence-corrected chi connectivity index (χ0v) is 10.5. The number of hydrogen-bond acceptors (Lipinski definition) is 5. The van der Waals surface area contributed by atoms with Crippen LogP contribution in [-0.4, -0.2) is 14.8 Å². The van der Waals surface area contributed by atoms with Crippen molar-refractivity contribution < 1.29 is 4.92 Å². The fourth-order valence-corrected chi connectivity index (χ4v) is 3.54. The molecule has 2 rings (SSSR count). The summed E-state index contributed by atoms with van der Waals surface area (Å²) >= 11 is 2.68. The number of para-hydroxylation sites is 1. The molecule has 1 aromatic heterocycles. The highest BCUT2D eigenvalue weighted by Gasteiger charge is 2.33. The summed E-state index contributed by atoms with van der Waals surface area (Å²) in [6.07, 6.45) is 0. The first kappa shape index (κ1) is 11.3. The number of nitrogens with zero attached hydrogens (tertiary/aromatic N) is 2. The Morgan fingerprint density at radius 3 is 2.75 bits per heavy atom. The number of hydrogen-bond donors (Lipinski definition) is 0. The Labute approximate surface area is 101 Å². The lowest BCUT2D eigenvalue weighted by Gasteiger charge is -2.11. The first-order valence-corrected chi connectivity index (χ1v) is 6.31. The van der Waals surface area contributed by atoms with Crippen LogP contribution in [0.15, 0.2) is 28.6 Å². The number of thiazole rings is 1. The highest BCUT2D eigenvalue weighted by molar-refractivity contribution is 8.02. The minimum absolute atomic E-state index is 0.288. The van der Waals surface area contributed by atoms with Crippen LogP contribution < -0.4 is 0 Å². The molecule has 0 spiro atoms. The Kier molecular flexibility index (Phi) is 2.86. The molecule has 1 heterocycles. The minimum atomic E-state index is -1.03. The van der Waals surface area contributed by atoms with Gasteiger partial charge in [0.2, 0.25) is 0 Å². The van der Waals surface area contributed by atoms with Gasteiger partial charge in [0.25, 0.3) is 4.87 Å². The van der Waals surface area contributed by atoms with E-state index < -0.39 is 4.87 Å². The summed E-state index contributed by atoms with van der Waals surface area (Å²) in [5, 5.41) is 10.8. The van der Waals surface area contributed by atoms with Gasteiger partial charge < -0.3 is 0 Å². The van der Waals surface area contributed by atoms with E-state index in [4.69, 9.17) is 0 Å². The minimum Gasteiger partial charge on any atom is -0.263 e. The van der Waals surface area contributed by atoms with Gasteiger partial charge in [-0.2, -0.15) is 0 Å². The molecule has 6 heteroatoms. The van der Waals surface area contributed by atoms with Crippen LogP contribution in [-0.2, 0) is 0 Å². The van der Waals surface area contributed by atoms with Gasteiger partial charge in [0.15, 0.2) is 4.34 Å². The summed E-state index contributed by atoms with van der Waals surface area (Å²) in [7, 11) is 0. The summed E-state index contributed by atoms with van der Waals surface area (Å²) in [6.45, 7) is 3.17. The first-order chi connectivity index (χ1) is 7.49. The molecule has 0 aliphatic carbocycles. The molecule has 0 saturated heterocycles. The lowest BCUT2D eigenvalue weighted by atomic mass is 10.3. The second-order valence-corrected chi connectivity index (χ2v) is 6.63. The van der Waals surface area contributed by atoms with Gasteiger partial charge in [-0.05, 0) is 23.9 Å². The molecule has 0 aliphatic rings. The number of aromatic nitrogens is 1. The van der Waals surface area contributed by atoms with Crippen molar-refractivity contribution in [3.8, 4) is 0 Å². The van der Waals surface area contributed by atoms with E-state index in [1.54, 1.807) is 13.8 Å². The molecule has 0 atom stereocenters. The zero-order valence-electron chi connectivity index (χ0n) is 8.84. The van der Waals surface area contributed by atoms with Crippen molar-refractivity contribution in [3.63, 3.8) is 0 Å². The van der Waals surface area contributed by atoms with Crippen LogP contribution in [0.1, 0.15) is 13.8 Å². The SMILES string of the molecule is CC(C)(Sc1nc2ccccc2s1)[N+](=O)[O-]. The summed E-state index contributed by atoms with van der Waals surface area (Å²) in [5.41, 5.74) is 0.897. The third-order valence-electron chi connectivity index (χ3n) is 2.05. The number of thioether (sulfide) groups is 1. The zero-order chi connectivity index (χ0) is 11.8. The van der Waals surface area contributed by atoms with Crippen molar-refractivity contribution in [2.75, 3.05) is 0 Å². The summed E-state index contributed by atoms with van der Waals surface area (Å²) in [5.74, 6) is 0. The van der Waals surface area contributed by atoms with E-state index >= 15 is 0 Å². The van der Waals surface area contributed by atoms with Crippen molar-refractivity contribution in [1.29, 1.82) is 0 Å². The smallest absolute Gasteiger partial charge is 0.263 e. The molecular formula is C10H10N2O2S2. The molecule has 2 aromatic rings. The maximum Gasteiger partial charge on any atom is 0.268 e. The molecule has 0 saturated carbocycles. The predicted octanol–water partition coefficient (Wildman–Crippen LogP) is 3.40. The molecule has 0 fully saturated rings. The average Bonchev–Trinajstić information content (AvgIpc) is 2.58. The molecule has 0 N–H and O–H groups in total. The van der Waals surface area contributed by atoms with Crippen molar-refractivity contribution >= 4 is 33.3 Å². The van der Waals surface area contributed by atoms with E-state index in [9.17, 15) is 10.1 Å². The molecule has 0 radical (unpaired) electrons. The Hall–Kier alpha value is -1.14. The summed E-state index contributed by atoms with van der Waals surface area (Å²) < 4.78 is 1.80. The molecule has 0 bridgehead atoms. The van der Waals surface area contributed by atoms with Crippen molar-refractivity contribution in [2.45, 2.75) is 23.1 Å². The average molecular weight is 254 g/mol. The van der Waals surface area contributed by atoms with E-state index in [0.29, 0.717) is 0 Å². The molecular weight excluding hydrogens is 244 g/mol. The summed E-state index contributed by atoms with van der Waals surface area (Å²) in [4.78, 5) is 13.8. The van der Waals surface area contributed by atoms with Crippen LogP contribution in [0, 0.1) is 10.1 Å². The van der Waals surface area contributed by atoms with E-state index in [0.717, 1.165) is 14.6 Å². The number of rotatable bonds is 3. The molecule has 0 unspecified atom stereocenters. The van der Waals surface area contributed by atoms with Crippen LogP contribution in [0.2, 0.25) is 0 Å². The van der Waals surface area contributed by atoms with Crippen LogP contribution in [0.5, 0.6) is 0 Å². The van der Waals surface area contributed by atoms with Gasteiger partial charge in [0.05, 0.1) is 10.2 Å². The van der Waals surface area contributed by atoms with Gasteiger partial charge in [-0.1, -0.05) is 12.1 Å². The molecule has 4 nitrogen and oxygen atoms in total. The van der Waals surface area contributed by atoms with Crippen LogP contribution in [0.4, 0.5) is 0 Å². The van der Waals surface area contributed by atoms with Crippen LogP contribution >= 0.6 is 23.1 Å². The Bertz CT molecular complexity index is 503. The number of nitro groups is 1. The maximum absolute atomic E-state index is 10.8. The van der Waals surface area contributed by atoms with Crippen molar-refractivity contribution in [1.82, 2.24) is 4.98 Å². The van der Waals surface area contributed by atoms with Gasteiger partial charge in [-0.25, -0.2) is 4.98 Å². The monoisotopic (exact) mass is 254 g/mol. The summed E-state index contributed by atoms with van der Waals surface area (Å²) in [6, 6.07) is 7.73. The van der Waals surface area contributed by atoms with Gasteiger partial charge in [0, 0.05) is 18.8 Å². The Morgan fingerprint density at radius 2 is 2.12 bits per heavy atom. The highest BCUT2D eigenvalue weighted by atomic mass is 32.2. The van der Waals surface area contributed by atoms with E-state index in [2.05, 4.69) is 4.98 Å². The van der Waals surface area contributed by atoms with Gasteiger partial charge >= 0.3 is 0 Å². The van der Waals surface area contributed by atoms with Crippen molar-refractivity contribution in [2.24, 2.45) is 0 Å². The van der Waals surface area contributed by atoms with Gasteiger partial charge in [0.1, 0.15) is 0 Å². The fourth-order valence-electron chi connectivity index (χ4n) is 1.15. The van der Waals surface area contributed by atoms with Crippen LogP contribution in [0.25, 0.3) is 10.2 Å². The fraction of sp³-hybridized carbons (Fsp3) is 0.300. The second kappa shape index (κ2) is 4.03. The van der Waals surface area contributed by atoms with Gasteiger partial charge in [-0.3, -0.25) is 10.1 Å². The Balaban J connectivity index is 2.32. The third kappa shape index (κ3) is 2.17. The second-order valence-electron chi connectivity index (χ2n) is 3.75.